The van der Waals surface area contributed by atoms with Gasteiger partial charge in [-0.1, -0.05) is 84.9 Å². The van der Waals surface area contributed by atoms with Crippen LogP contribution in [0.25, 0.3) is 77.6 Å². The molecule has 3 heterocycles. The molecule has 0 amide bonds. The highest BCUT2D eigenvalue weighted by Crippen LogP contribution is 2.36. The average molecular weight is 563 g/mol. The molecule has 9 rings (SSSR count). The maximum absolute atomic E-state index is 5.07. The molecule has 0 aliphatic carbocycles. The molecule has 0 N–H and O–H groups in total. The number of hydrogen-bond acceptors (Lipinski definition) is 2. The minimum atomic E-state index is 0.722. The van der Waals surface area contributed by atoms with Crippen LogP contribution in [0.5, 0.6) is 0 Å². The Bertz CT molecular complexity index is 2470. The van der Waals surface area contributed by atoms with E-state index in [0.29, 0.717) is 0 Å². The van der Waals surface area contributed by atoms with Gasteiger partial charge >= 0.3 is 0 Å². The van der Waals surface area contributed by atoms with Crippen molar-refractivity contribution in [2.75, 3.05) is 0 Å². The van der Waals surface area contributed by atoms with E-state index in [1.165, 1.54) is 32.7 Å². The molecule has 6 aromatic carbocycles. The third-order valence-corrected chi connectivity index (χ3v) is 8.55. The average Bonchev–Trinajstić information content (AvgIpc) is 3.66. The lowest BCUT2D eigenvalue weighted by molar-refractivity contribution is 1.13. The zero-order chi connectivity index (χ0) is 29.0. The fourth-order valence-corrected chi connectivity index (χ4v) is 6.47. The Morgan fingerprint density at radius 2 is 1.14 bits per heavy atom. The zero-order valence-corrected chi connectivity index (χ0v) is 23.8. The molecule has 0 saturated carbocycles. The highest BCUT2D eigenvalue weighted by molar-refractivity contribution is 6.13. The largest absolute Gasteiger partial charge is 0.317 e. The molecule has 0 unspecified atom stereocenters. The van der Waals surface area contributed by atoms with Crippen molar-refractivity contribution in [1.29, 1.82) is 0 Å². The van der Waals surface area contributed by atoms with Gasteiger partial charge in [0.25, 0.3) is 0 Å². The van der Waals surface area contributed by atoms with Gasteiger partial charge in [-0.3, -0.25) is 0 Å². The Morgan fingerprint density at radius 1 is 0.432 bits per heavy atom. The van der Waals surface area contributed by atoms with Crippen LogP contribution in [0.1, 0.15) is 0 Å². The first-order valence-electron chi connectivity index (χ1n) is 14.8. The molecule has 0 spiro atoms. The SMILES string of the molecule is c1ccc(-c2nc(-c3ccc(-n4c5ccccc5c5cc6c(ccn6-c6ccccc6)cc54)cc3)nc3ccccc23)cc1. The summed E-state index contributed by atoms with van der Waals surface area (Å²) in [7, 11) is 0. The van der Waals surface area contributed by atoms with Gasteiger partial charge in [-0.05, 0) is 66.7 Å². The van der Waals surface area contributed by atoms with Crippen LogP contribution in [0, 0.1) is 0 Å². The van der Waals surface area contributed by atoms with Gasteiger partial charge in [-0.15, -0.1) is 0 Å². The molecule has 0 aliphatic heterocycles. The van der Waals surface area contributed by atoms with Gasteiger partial charge in [-0.2, -0.15) is 0 Å². The fraction of sp³-hybridized carbons (Fsp3) is 0. The van der Waals surface area contributed by atoms with Crippen molar-refractivity contribution < 1.29 is 0 Å². The van der Waals surface area contributed by atoms with Crippen molar-refractivity contribution in [2.24, 2.45) is 0 Å². The quantitative estimate of drug-likeness (QED) is 0.214. The molecule has 0 bridgehead atoms. The molecule has 0 aliphatic rings. The predicted molar refractivity (Wildman–Crippen MR) is 182 cm³/mol. The third kappa shape index (κ3) is 3.85. The number of nitrogens with zero attached hydrogens (tertiary/aromatic N) is 4. The van der Waals surface area contributed by atoms with E-state index in [2.05, 4.69) is 149 Å². The van der Waals surface area contributed by atoms with E-state index in [-0.39, 0.29) is 0 Å². The predicted octanol–water partition coefficient (Wildman–Crippen LogP) is 10.0. The summed E-state index contributed by atoms with van der Waals surface area (Å²) in [5, 5.41) is 4.73. The summed E-state index contributed by atoms with van der Waals surface area (Å²) in [6, 6.07) is 53.3. The van der Waals surface area contributed by atoms with Crippen molar-refractivity contribution >= 4 is 43.6 Å². The minimum absolute atomic E-state index is 0.722. The van der Waals surface area contributed by atoms with Crippen LogP contribution >= 0.6 is 0 Å². The smallest absolute Gasteiger partial charge is 0.160 e. The number of fused-ring (bicyclic) bond motifs is 5. The monoisotopic (exact) mass is 562 g/mol. The molecule has 4 nitrogen and oxygen atoms in total. The molecule has 4 heteroatoms. The molecule has 0 saturated heterocycles. The molecule has 0 radical (unpaired) electrons. The molecular formula is C40H26N4. The van der Waals surface area contributed by atoms with Gasteiger partial charge in [-0.25, -0.2) is 9.97 Å². The first-order valence-corrected chi connectivity index (χ1v) is 14.8. The van der Waals surface area contributed by atoms with Gasteiger partial charge in [0.1, 0.15) is 0 Å². The molecular weight excluding hydrogens is 536 g/mol. The lowest BCUT2D eigenvalue weighted by Gasteiger charge is -2.11. The van der Waals surface area contributed by atoms with Gasteiger partial charge in [0.15, 0.2) is 5.82 Å². The van der Waals surface area contributed by atoms with Crippen molar-refractivity contribution in [2.45, 2.75) is 0 Å². The second kappa shape index (κ2) is 9.79. The van der Waals surface area contributed by atoms with E-state index in [9.17, 15) is 0 Å². The number of rotatable bonds is 4. The van der Waals surface area contributed by atoms with Gasteiger partial charge in [0.2, 0.25) is 0 Å². The van der Waals surface area contributed by atoms with E-state index in [1.807, 2.05) is 18.2 Å². The van der Waals surface area contributed by atoms with Gasteiger partial charge < -0.3 is 9.13 Å². The summed E-state index contributed by atoms with van der Waals surface area (Å²) in [6.45, 7) is 0. The van der Waals surface area contributed by atoms with E-state index >= 15 is 0 Å². The molecule has 9 aromatic rings. The van der Waals surface area contributed by atoms with E-state index < -0.39 is 0 Å². The molecule has 44 heavy (non-hydrogen) atoms. The van der Waals surface area contributed by atoms with Crippen molar-refractivity contribution in [3.05, 3.63) is 158 Å². The van der Waals surface area contributed by atoms with Gasteiger partial charge in [0, 0.05) is 50.2 Å². The number of hydrogen-bond donors (Lipinski definition) is 0. The number of aromatic nitrogens is 4. The van der Waals surface area contributed by atoms with Gasteiger partial charge in [0.05, 0.1) is 27.8 Å². The highest BCUT2D eigenvalue weighted by atomic mass is 15.0. The first kappa shape index (κ1) is 24.6. The zero-order valence-electron chi connectivity index (χ0n) is 23.8. The first-order chi connectivity index (χ1) is 21.8. The van der Waals surface area contributed by atoms with Crippen molar-refractivity contribution in [3.8, 4) is 34.0 Å². The van der Waals surface area contributed by atoms with Crippen molar-refractivity contribution in [1.82, 2.24) is 19.1 Å². The summed E-state index contributed by atoms with van der Waals surface area (Å²) in [4.78, 5) is 10.0. The highest BCUT2D eigenvalue weighted by Gasteiger charge is 2.16. The van der Waals surface area contributed by atoms with Crippen LogP contribution in [-0.2, 0) is 0 Å². The Hall–Kier alpha value is -6.00. The maximum atomic E-state index is 5.07. The Balaban J connectivity index is 1.20. The van der Waals surface area contributed by atoms with Crippen LogP contribution in [0.2, 0.25) is 0 Å². The molecule has 206 valence electrons. The minimum Gasteiger partial charge on any atom is -0.317 e. The summed E-state index contributed by atoms with van der Waals surface area (Å²) in [6.07, 6.45) is 2.16. The van der Waals surface area contributed by atoms with E-state index in [1.54, 1.807) is 0 Å². The topological polar surface area (TPSA) is 35.6 Å². The van der Waals surface area contributed by atoms with E-state index in [4.69, 9.17) is 9.97 Å². The summed E-state index contributed by atoms with van der Waals surface area (Å²) in [5.41, 5.74) is 9.79. The van der Waals surface area contributed by atoms with Crippen LogP contribution in [0.15, 0.2) is 158 Å². The molecule has 3 aromatic heterocycles. The lowest BCUT2D eigenvalue weighted by Crippen LogP contribution is -1.97. The van der Waals surface area contributed by atoms with Crippen LogP contribution in [-0.4, -0.2) is 19.1 Å². The standard InChI is InChI=1S/C40H26N4/c1-3-11-27(12-4-1)39-33-16-7-9-17-35(33)41-40(42-39)28-19-21-31(22-20-28)44-36-18-10-8-15-32(36)34-26-37-29(25-38(34)44)23-24-43(37)30-13-5-2-6-14-30/h1-26H. The Labute approximate surface area is 254 Å². The fourth-order valence-electron chi connectivity index (χ4n) is 6.47. The Morgan fingerprint density at radius 3 is 1.95 bits per heavy atom. The summed E-state index contributed by atoms with van der Waals surface area (Å²) >= 11 is 0. The molecule has 0 fully saturated rings. The van der Waals surface area contributed by atoms with Crippen LogP contribution in [0.3, 0.4) is 0 Å². The number of benzene rings is 6. The Kier molecular flexibility index (Phi) is 5.47. The summed E-state index contributed by atoms with van der Waals surface area (Å²) < 4.78 is 4.63. The second-order valence-corrected chi connectivity index (χ2v) is 11.1. The lowest BCUT2D eigenvalue weighted by atomic mass is 10.1. The van der Waals surface area contributed by atoms with Crippen LogP contribution in [0.4, 0.5) is 0 Å². The molecule has 0 atom stereocenters. The van der Waals surface area contributed by atoms with Crippen LogP contribution < -0.4 is 0 Å². The maximum Gasteiger partial charge on any atom is 0.160 e. The third-order valence-electron chi connectivity index (χ3n) is 8.55. The summed E-state index contributed by atoms with van der Waals surface area (Å²) in [5.74, 6) is 0.722. The number of para-hydroxylation sites is 3. The van der Waals surface area contributed by atoms with E-state index in [0.717, 1.165) is 44.9 Å². The van der Waals surface area contributed by atoms with Crippen molar-refractivity contribution in [3.63, 3.8) is 0 Å². The normalized spacial score (nSPS) is 11.6. The second-order valence-electron chi connectivity index (χ2n) is 11.1.